The van der Waals surface area contributed by atoms with Crippen molar-refractivity contribution in [2.45, 2.75) is 65.6 Å². The molecule has 0 saturated carbocycles. The summed E-state index contributed by atoms with van der Waals surface area (Å²) in [6.07, 6.45) is 7.15. The molecule has 0 saturated heterocycles. The highest BCUT2D eigenvalue weighted by Gasteiger charge is 2.25. The summed E-state index contributed by atoms with van der Waals surface area (Å²) in [6, 6.07) is 16.6. The van der Waals surface area contributed by atoms with Crippen molar-refractivity contribution < 1.29 is 19.1 Å². The molecule has 3 heterocycles. The van der Waals surface area contributed by atoms with Crippen LogP contribution in [0.2, 0.25) is 0 Å². The van der Waals surface area contributed by atoms with Gasteiger partial charge in [0.1, 0.15) is 16.9 Å². The third-order valence-electron chi connectivity index (χ3n) is 7.27. The van der Waals surface area contributed by atoms with Gasteiger partial charge in [0, 0.05) is 31.7 Å². The molecule has 3 aromatic rings. The number of amides is 2. The average molecular weight is 584 g/mol. The fourth-order valence-corrected chi connectivity index (χ4v) is 5.05. The van der Waals surface area contributed by atoms with Gasteiger partial charge < -0.3 is 19.3 Å². The second-order valence-corrected chi connectivity index (χ2v) is 13.0. The fraction of sp³-hybridized carbons (Fsp3) is 0.412. The Labute approximate surface area is 253 Å². The van der Waals surface area contributed by atoms with Crippen LogP contribution in [-0.2, 0) is 9.47 Å². The Morgan fingerprint density at radius 2 is 1.12 bits per heavy atom. The maximum absolute atomic E-state index is 12.4. The minimum absolute atomic E-state index is 0.270. The van der Waals surface area contributed by atoms with Crippen LogP contribution in [0.1, 0.15) is 65.5 Å². The normalized spacial score (nSPS) is 16.0. The van der Waals surface area contributed by atoms with Crippen LogP contribution in [0, 0.1) is 0 Å². The van der Waals surface area contributed by atoms with E-state index in [1.807, 2.05) is 59.9 Å². The molecule has 2 aliphatic rings. The Morgan fingerprint density at radius 3 is 1.53 bits per heavy atom. The second-order valence-electron chi connectivity index (χ2n) is 13.0. The van der Waals surface area contributed by atoms with Crippen LogP contribution in [0.25, 0.3) is 28.1 Å². The van der Waals surface area contributed by atoms with Gasteiger partial charge in [-0.2, -0.15) is 0 Å². The van der Waals surface area contributed by atoms with Crippen molar-refractivity contribution in [2.24, 2.45) is 0 Å². The molecule has 0 atom stereocenters. The molecule has 226 valence electrons. The van der Waals surface area contributed by atoms with Gasteiger partial charge in [-0.1, -0.05) is 53.8 Å². The lowest BCUT2D eigenvalue weighted by Gasteiger charge is -2.29. The van der Waals surface area contributed by atoms with Crippen molar-refractivity contribution in [2.75, 3.05) is 26.2 Å². The molecule has 0 radical (unpaired) electrons. The van der Waals surface area contributed by atoms with Crippen molar-refractivity contribution in [3.8, 4) is 16.9 Å². The molecule has 9 nitrogen and oxygen atoms in total. The zero-order valence-electron chi connectivity index (χ0n) is 26.0. The van der Waals surface area contributed by atoms with Gasteiger partial charge in [-0.15, -0.1) is 5.10 Å². The van der Waals surface area contributed by atoms with Crippen LogP contribution in [0.15, 0.2) is 66.9 Å². The lowest BCUT2D eigenvalue weighted by atomic mass is 9.98. The molecule has 0 fully saturated rings. The predicted molar refractivity (Wildman–Crippen MR) is 168 cm³/mol. The summed E-state index contributed by atoms with van der Waals surface area (Å²) >= 11 is 0. The van der Waals surface area contributed by atoms with Gasteiger partial charge in [-0.3, -0.25) is 0 Å². The fourth-order valence-electron chi connectivity index (χ4n) is 5.05. The van der Waals surface area contributed by atoms with E-state index in [-0.39, 0.29) is 12.2 Å². The monoisotopic (exact) mass is 583 g/mol. The van der Waals surface area contributed by atoms with Crippen molar-refractivity contribution in [1.29, 1.82) is 0 Å². The summed E-state index contributed by atoms with van der Waals surface area (Å²) in [5, 5.41) is 8.76. The number of carbonyl (C=O) groups is 2. The molecule has 2 aliphatic heterocycles. The summed E-state index contributed by atoms with van der Waals surface area (Å²) in [5.41, 5.74) is 6.43. The summed E-state index contributed by atoms with van der Waals surface area (Å²) < 4.78 is 12.8. The number of rotatable bonds is 4. The number of nitrogens with zero attached hydrogens (tertiary/aromatic N) is 5. The van der Waals surface area contributed by atoms with E-state index in [1.54, 1.807) is 14.5 Å². The predicted octanol–water partition coefficient (Wildman–Crippen LogP) is 6.98. The summed E-state index contributed by atoms with van der Waals surface area (Å²) in [6.45, 7) is 13.6. The van der Waals surface area contributed by atoms with Gasteiger partial charge in [0.15, 0.2) is 0 Å². The molecule has 5 rings (SSSR count). The van der Waals surface area contributed by atoms with Gasteiger partial charge in [0.05, 0.1) is 11.9 Å². The first kappa shape index (κ1) is 30.1. The van der Waals surface area contributed by atoms with Crippen LogP contribution >= 0.6 is 0 Å². The van der Waals surface area contributed by atoms with Crippen LogP contribution < -0.4 is 0 Å². The largest absolute Gasteiger partial charge is 0.444 e. The SMILES string of the molecule is CC(C)(C)OC(=O)N1CC=C(c2ccc(-c3cn(-c4ccc(C5=CCN(C(=O)OC(C)(C)C)CC5)cc4)nn3)cc2)CC1. The highest BCUT2D eigenvalue weighted by atomic mass is 16.6. The van der Waals surface area contributed by atoms with Crippen molar-refractivity contribution in [1.82, 2.24) is 24.8 Å². The van der Waals surface area contributed by atoms with E-state index in [0.717, 1.165) is 40.9 Å². The third-order valence-corrected chi connectivity index (χ3v) is 7.27. The van der Waals surface area contributed by atoms with Crippen LogP contribution in [0.3, 0.4) is 0 Å². The maximum Gasteiger partial charge on any atom is 0.410 e. The Bertz CT molecular complexity index is 1410. The van der Waals surface area contributed by atoms with E-state index in [0.29, 0.717) is 26.2 Å². The van der Waals surface area contributed by atoms with Crippen LogP contribution in [0.5, 0.6) is 0 Å². The summed E-state index contributed by atoms with van der Waals surface area (Å²) in [5.74, 6) is 0. The number of carbonyl (C=O) groups excluding carboxylic acids is 2. The highest BCUT2D eigenvalue weighted by molar-refractivity contribution is 5.74. The minimum atomic E-state index is -0.497. The molecule has 0 aliphatic carbocycles. The number of ether oxygens (including phenoxy) is 2. The van der Waals surface area contributed by atoms with E-state index >= 15 is 0 Å². The Hall–Kier alpha value is -4.40. The lowest BCUT2D eigenvalue weighted by molar-refractivity contribution is 0.0260. The quantitative estimate of drug-likeness (QED) is 0.329. The van der Waals surface area contributed by atoms with Crippen molar-refractivity contribution >= 4 is 23.3 Å². The Balaban J connectivity index is 1.19. The number of hydrogen-bond donors (Lipinski definition) is 0. The van der Waals surface area contributed by atoms with E-state index in [9.17, 15) is 9.59 Å². The zero-order valence-corrected chi connectivity index (χ0v) is 26.0. The maximum atomic E-state index is 12.4. The topological polar surface area (TPSA) is 89.8 Å². The van der Waals surface area contributed by atoms with E-state index in [2.05, 4.69) is 58.9 Å². The van der Waals surface area contributed by atoms with E-state index < -0.39 is 11.2 Å². The average Bonchev–Trinajstić information content (AvgIpc) is 3.46. The van der Waals surface area contributed by atoms with E-state index in [4.69, 9.17) is 9.47 Å². The number of aromatic nitrogens is 3. The number of benzene rings is 2. The molecule has 1 aromatic heterocycles. The first-order chi connectivity index (χ1) is 20.3. The van der Waals surface area contributed by atoms with Gasteiger partial charge in [-0.05, 0) is 88.8 Å². The molecule has 2 amide bonds. The van der Waals surface area contributed by atoms with Gasteiger partial charge in [0.25, 0.3) is 0 Å². The Kier molecular flexibility index (Phi) is 8.44. The first-order valence-electron chi connectivity index (χ1n) is 14.8. The molecule has 0 N–H and O–H groups in total. The highest BCUT2D eigenvalue weighted by Crippen LogP contribution is 2.28. The van der Waals surface area contributed by atoms with Crippen molar-refractivity contribution in [3.63, 3.8) is 0 Å². The molecule has 0 spiro atoms. The molecule has 2 aromatic carbocycles. The standard InChI is InChI=1S/C34H41N5O4/c1-33(2,3)42-31(40)37-19-15-26(16-20-37)24-7-9-28(10-8-24)30-23-39(36-35-30)29-13-11-25(12-14-29)27-17-21-38(22-18-27)32(41)43-34(4,5)6/h7-15,17,23H,16,18-22H2,1-6H3. The summed E-state index contributed by atoms with van der Waals surface area (Å²) in [7, 11) is 0. The zero-order chi connectivity index (χ0) is 30.8. The molecule has 0 bridgehead atoms. The molecular formula is C34H41N5O4. The van der Waals surface area contributed by atoms with Gasteiger partial charge in [0.2, 0.25) is 0 Å². The smallest absolute Gasteiger partial charge is 0.410 e. The summed E-state index contributed by atoms with van der Waals surface area (Å²) in [4.78, 5) is 28.2. The molecule has 43 heavy (non-hydrogen) atoms. The molecule has 0 unspecified atom stereocenters. The lowest BCUT2D eigenvalue weighted by Crippen LogP contribution is -2.39. The van der Waals surface area contributed by atoms with Crippen LogP contribution in [0.4, 0.5) is 9.59 Å². The number of hydrogen-bond acceptors (Lipinski definition) is 6. The van der Waals surface area contributed by atoms with Crippen LogP contribution in [-0.4, -0.2) is 74.4 Å². The molecule has 9 heteroatoms. The van der Waals surface area contributed by atoms with E-state index in [1.165, 1.54) is 11.1 Å². The van der Waals surface area contributed by atoms with Crippen molar-refractivity contribution in [3.05, 3.63) is 78.0 Å². The van der Waals surface area contributed by atoms with Gasteiger partial charge >= 0.3 is 12.2 Å². The second kappa shape index (κ2) is 12.1. The van der Waals surface area contributed by atoms with Gasteiger partial charge in [-0.25, -0.2) is 14.3 Å². The minimum Gasteiger partial charge on any atom is -0.444 e. The first-order valence-corrected chi connectivity index (χ1v) is 14.8. The molecular weight excluding hydrogens is 542 g/mol. The Morgan fingerprint density at radius 1 is 0.674 bits per heavy atom. The third kappa shape index (κ3) is 7.71.